The summed E-state index contributed by atoms with van der Waals surface area (Å²) >= 11 is 0. The minimum atomic E-state index is -1.37. The van der Waals surface area contributed by atoms with Crippen molar-refractivity contribution in [2.24, 2.45) is 11.8 Å². The maximum absolute atomic E-state index is 13.9. The molecule has 4 atom stereocenters. The minimum absolute atomic E-state index is 0.322. The summed E-state index contributed by atoms with van der Waals surface area (Å²) in [5.41, 5.74) is 0.743. The van der Waals surface area contributed by atoms with Gasteiger partial charge in [0.05, 0.1) is 46.0 Å². The Bertz CT molecular complexity index is 1150. The molecule has 9 nitrogen and oxygen atoms in total. The zero-order valence-electron chi connectivity index (χ0n) is 21.4. The fourth-order valence-electron chi connectivity index (χ4n) is 5.61. The van der Waals surface area contributed by atoms with E-state index in [0.29, 0.717) is 41.3 Å². The Balaban J connectivity index is 1.90. The van der Waals surface area contributed by atoms with Gasteiger partial charge in [0.1, 0.15) is 5.54 Å². The van der Waals surface area contributed by atoms with Gasteiger partial charge in [0, 0.05) is 6.04 Å². The molecule has 9 heteroatoms. The molecule has 0 aromatic heterocycles. The van der Waals surface area contributed by atoms with Crippen LogP contribution >= 0.6 is 0 Å². The molecule has 0 aliphatic carbocycles. The number of rotatable bonds is 8. The molecule has 2 aliphatic heterocycles. The van der Waals surface area contributed by atoms with Crippen molar-refractivity contribution >= 4 is 23.5 Å². The first-order chi connectivity index (χ1) is 17.3. The van der Waals surface area contributed by atoms with Gasteiger partial charge in [-0.25, -0.2) is 4.90 Å². The molecule has 4 rings (SSSR count). The highest BCUT2D eigenvalue weighted by molar-refractivity contribution is 6.24. The molecule has 36 heavy (non-hydrogen) atoms. The molecule has 2 amide bonds. The van der Waals surface area contributed by atoms with Crippen molar-refractivity contribution in [1.82, 2.24) is 5.32 Å². The van der Waals surface area contributed by atoms with Gasteiger partial charge in [0.25, 0.3) is 0 Å². The van der Waals surface area contributed by atoms with Crippen LogP contribution in [0, 0.1) is 18.8 Å². The molecule has 0 radical (unpaired) electrons. The maximum atomic E-state index is 13.9. The fourth-order valence-corrected chi connectivity index (χ4v) is 5.61. The molecular formula is C27H32N2O7. The third-order valence-corrected chi connectivity index (χ3v) is 7.19. The smallest absolute Gasteiger partial charge is 0.326 e. The van der Waals surface area contributed by atoms with Crippen molar-refractivity contribution in [3.05, 3.63) is 47.5 Å². The van der Waals surface area contributed by atoms with Crippen LogP contribution in [0.1, 0.15) is 36.9 Å². The van der Waals surface area contributed by atoms with Crippen LogP contribution in [0.25, 0.3) is 0 Å². The molecule has 192 valence electrons. The first kappa shape index (κ1) is 25.5. The first-order valence-electron chi connectivity index (χ1n) is 11.9. The van der Waals surface area contributed by atoms with Gasteiger partial charge in [0.15, 0.2) is 11.5 Å². The molecule has 2 heterocycles. The van der Waals surface area contributed by atoms with E-state index < -0.39 is 35.3 Å². The van der Waals surface area contributed by atoms with Crippen LogP contribution in [0.15, 0.2) is 36.4 Å². The lowest BCUT2D eigenvalue weighted by Crippen LogP contribution is -2.56. The van der Waals surface area contributed by atoms with E-state index >= 15 is 0 Å². The number of amides is 2. The fraction of sp³-hybridized carbons (Fsp3) is 0.444. The zero-order valence-corrected chi connectivity index (χ0v) is 21.4. The summed E-state index contributed by atoms with van der Waals surface area (Å²) < 4.78 is 21.7. The quantitative estimate of drug-likeness (QED) is 0.439. The van der Waals surface area contributed by atoms with Crippen LogP contribution in [0.3, 0.4) is 0 Å². The number of methoxy groups -OCH3 is 4. The monoisotopic (exact) mass is 496 g/mol. The number of nitrogens with zero attached hydrogens (tertiary/aromatic N) is 1. The van der Waals surface area contributed by atoms with E-state index in [4.69, 9.17) is 18.9 Å². The van der Waals surface area contributed by atoms with Crippen LogP contribution in [0.4, 0.5) is 5.69 Å². The molecule has 2 aromatic carbocycles. The van der Waals surface area contributed by atoms with Crippen molar-refractivity contribution in [2.75, 3.05) is 33.3 Å². The summed E-state index contributed by atoms with van der Waals surface area (Å²) in [5, 5.41) is 3.36. The van der Waals surface area contributed by atoms with Gasteiger partial charge >= 0.3 is 5.97 Å². The Labute approximate surface area is 210 Å². The molecule has 0 bridgehead atoms. The lowest BCUT2D eigenvalue weighted by Gasteiger charge is -2.32. The Morgan fingerprint density at radius 3 is 2.08 bits per heavy atom. The highest BCUT2D eigenvalue weighted by Gasteiger charge is 2.68. The topological polar surface area (TPSA) is 103 Å². The second-order valence-corrected chi connectivity index (χ2v) is 9.14. The van der Waals surface area contributed by atoms with Gasteiger partial charge in [0.2, 0.25) is 17.6 Å². The molecule has 2 aliphatic rings. The number of imide groups is 1. The lowest BCUT2D eigenvalue weighted by atomic mass is 9.77. The van der Waals surface area contributed by atoms with Crippen LogP contribution < -0.4 is 24.4 Å². The van der Waals surface area contributed by atoms with Crippen molar-refractivity contribution < 1.29 is 33.3 Å². The van der Waals surface area contributed by atoms with E-state index in [0.717, 1.165) is 5.56 Å². The Kier molecular flexibility index (Phi) is 6.95. The van der Waals surface area contributed by atoms with Crippen molar-refractivity contribution in [3.63, 3.8) is 0 Å². The largest absolute Gasteiger partial charge is 0.493 e. The number of carbonyl (C=O) groups excluding carboxylic acids is 3. The molecule has 2 saturated heterocycles. The van der Waals surface area contributed by atoms with Crippen molar-refractivity contribution in [2.45, 2.75) is 38.3 Å². The van der Waals surface area contributed by atoms with Crippen LogP contribution in [-0.2, 0) is 19.1 Å². The molecule has 2 fully saturated rings. The van der Waals surface area contributed by atoms with E-state index in [9.17, 15) is 14.4 Å². The van der Waals surface area contributed by atoms with Crippen molar-refractivity contribution in [1.29, 1.82) is 0 Å². The van der Waals surface area contributed by atoms with Crippen LogP contribution in [0.5, 0.6) is 17.2 Å². The third kappa shape index (κ3) is 3.78. The number of benzene rings is 2. The number of hydrogen-bond donors (Lipinski definition) is 1. The average Bonchev–Trinajstić information content (AvgIpc) is 3.37. The molecule has 1 N–H and O–H groups in total. The Morgan fingerprint density at radius 2 is 1.58 bits per heavy atom. The molecule has 0 saturated carbocycles. The average molecular weight is 497 g/mol. The Morgan fingerprint density at radius 1 is 0.972 bits per heavy atom. The summed E-state index contributed by atoms with van der Waals surface area (Å²) in [5.74, 6) is -1.93. The number of esters is 1. The predicted molar refractivity (Wildman–Crippen MR) is 132 cm³/mol. The highest BCUT2D eigenvalue weighted by atomic mass is 16.5. The third-order valence-electron chi connectivity index (χ3n) is 7.19. The van der Waals surface area contributed by atoms with Crippen LogP contribution in [-0.4, -0.2) is 51.8 Å². The highest BCUT2D eigenvalue weighted by Crippen LogP contribution is 2.53. The number of ether oxygens (including phenoxy) is 4. The number of nitrogens with one attached hydrogen (secondary N) is 1. The van der Waals surface area contributed by atoms with Gasteiger partial charge in [-0.05, 0) is 43.2 Å². The minimum Gasteiger partial charge on any atom is -0.493 e. The second-order valence-electron chi connectivity index (χ2n) is 9.14. The lowest BCUT2D eigenvalue weighted by molar-refractivity contribution is -0.152. The summed E-state index contributed by atoms with van der Waals surface area (Å²) in [6.45, 7) is 3.85. The maximum Gasteiger partial charge on any atom is 0.326 e. The molecular weight excluding hydrogens is 464 g/mol. The summed E-state index contributed by atoms with van der Waals surface area (Å²) in [6, 6.07) is 9.98. The predicted octanol–water partition coefficient (Wildman–Crippen LogP) is 3.18. The summed E-state index contributed by atoms with van der Waals surface area (Å²) in [7, 11) is 5.81. The van der Waals surface area contributed by atoms with E-state index in [1.165, 1.54) is 33.3 Å². The number of fused-ring (bicyclic) bond motifs is 1. The normalized spacial score (nSPS) is 25.1. The van der Waals surface area contributed by atoms with Crippen molar-refractivity contribution in [3.8, 4) is 17.2 Å². The van der Waals surface area contributed by atoms with E-state index in [-0.39, 0.29) is 5.91 Å². The van der Waals surface area contributed by atoms with E-state index in [2.05, 4.69) is 5.32 Å². The first-order valence-corrected chi connectivity index (χ1v) is 11.9. The Hall–Kier alpha value is -3.59. The summed E-state index contributed by atoms with van der Waals surface area (Å²) in [6.07, 6.45) is 0.918. The van der Waals surface area contributed by atoms with Gasteiger partial charge in [-0.15, -0.1) is 0 Å². The van der Waals surface area contributed by atoms with Gasteiger partial charge < -0.3 is 18.9 Å². The zero-order chi connectivity index (χ0) is 26.2. The number of carbonyl (C=O) groups is 3. The van der Waals surface area contributed by atoms with E-state index in [1.807, 2.05) is 26.0 Å². The van der Waals surface area contributed by atoms with Crippen LogP contribution in [0.2, 0.25) is 0 Å². The molecule has 2 aromatic rings. The molecule has 0 spiro atoms. The number of hydrogen-bond acceptors (Lipinski definition) is 8. The van der Waals surface area contributed by atoms with E-state index in [1.54, 1.807) is 24.3 Å². The summed E-state index contributed by atoms with van der Waals surface area (Å²) in [4.78, 5) is 42.3. The second kappa shape index (κ2) is 9.81. The SMILES string of the molecule is CCC[C@@]1(C(=O)OC)N[C@@H](c2cc(OC)c(OC)c(OC)c2)[C@H]2C(=O)N(c3ccc(C)cc3)C(=O)[C@@H]21. The van der Waals surface area contributed by atoms with Gasteiger partial charge in [-0.1, -0.05) is 31.0 Å². The number of anilines is 1. The standard InChI is InChI=1S/C27H32N2O7/c1-7-12-27(26(32)36-6)21-20(24(30)29(25(21)31)17-10-8-15(2)9-11-17)22(28-27)16-13-18(33-3)23(35-5)19(14-16)34-4/h8-11,13-14,20-22,28H,7,12H2,1-6H3/t20-,21+,22-,27+/m0/s1. The van der Waals surface area contributed by atoms with Gasteiger partial charge in [-0.3, -0.25) is 19.7 Å². The molecule has 0 unspecified atom stereocenters. The van der Waals surface area contributed by atoms with Gasteiger partial charge in [-0.2, -0.15) is 0 Å². The number of aryl methyl sites for hydroxylation is 1.